The Balaban J connectivity index is 1.59. The number of hydrogen-bond donors (Lipinski definition) is 1. The van der Waals surface area contributed by atoms with Crippen LogP contribution in [0.1, 0.15) is 46.1 Å². The van der Waals surface area contributed by atoms with Crippen molar-refractivity contribution in [3.05, 3.63) is 82.9 Å². The predicted octanol–water partition coefficient (Wildman–Crippen LogP) is 4.45. The lowest BCUT2D eigenvalue weighted by Gasteiger charge is -2.25. The summed E-state index contributed by atoms with van der Waals surface area (Å²) in [5, 5.41) is 9.58. The summed E-state index contributed by atoms with van der Waals surface area (Å²) in [5.74, 6) is 0.00236. The first-order chi connectivity index (χ1) is 15.0. The Morgan fingerprint density at radius 1 is 1.16 bits per heavy atom. The first-order valence-corrected chi connectivity index (χ1v) is 10.3. The van der Waals surface area contributed by atoms with E-state index in [1.54, 1.807) is 19.2 Å². The third-order valence-corrected chi connectivity index (χ3v) is 5.66. The van der Waals surface area contributed by atoms with E-state index in [1.165, 1.54) is 18.3 Å². The van der Waals surface area contributed by atoms with Crippen LogP contribution in [0.25, 0.3) is 0 Å². The molecular weight excluding hydrogens is 397 g/mol. The molecule has 1 aromatic heterocycles. The van der Waals surface area contributed by atoms with Crippen molar-refractivity contribution in [3.63, 3.8) is 0 Å². The number of hydrogen-bond acceptors (Lipinski definition) is 5. The molecule has 0 unspecified atom stereocenters. The zero-order valence-electron chi connectivity index (χ0n) is 17.3. The highest BCUT2D eigenvalue weighted by Gasteiger charge is 2.29. The summed E-state index contributed by atoms with van der Waals surface area (Å²) in [5.41, 5.74) is 2.67. The van der Waals surface area contributed by atoms with Gasteiger partial charge in [0.1, 0.15) is 11.6 Å². The third-order valence-electron chi connectivity index (χ3n) is 5.66. The van der Waals surface area contributed by atoms with Crippen LogP contribution in [0, 0.1) is 5.82 Å². The van der Waals surface area contributed by atoms with E-state index in [0.29, 0.717) is 24.5 Å². The number of aromatic nitrogens is 2. The van der Waals surface area contributed by atoms with Crippen LogP contribution in [0.3, 0.4) is 0 Å². The Morgan fingerprint density at radius 2 is 1.90 bits per heavy atom. The fraction of sp³-hybridized carbons (Fsp3) is 0.292. The number of carboxylic acid groups (broad SMARTS) is 1. The van der Waals surface area contributed by atoms with Crippen LogP contribution in [-0.2, 0) is 12.8 Å². The Hall–Kier alpha value is -3.48. The number of carboxylic acids is 1. The van der Waals surface area contributed by atoms with Crippen LogP contribution in [0.5, 0.6) is 5.75 Å². The lowest BCUT2D eigenvalue weighted by Crippen LogP contribution is -2.25. The molecular formula is C24H24FN3O3. The number of anilines is 1. The first-order valence-electron chi connectivity index (χ1n) is 10.3. The second-order valence-electron chi connectivity index (χ2n) is 7.59. The Labute approximate surface area is 180 Å². The fourth-order valence-electron chi connectivity index (χ4n) is 4.01. The highest BCUT2D eigenvalue weighted by atomic mass is 19.1. The summed E-state index contributed by atoms with van der Waals surface area (Å²) in [4.78, 5) is 22.9. The molecule has 2 heterocycles. The zero-order chi connectivity index (χ0) is 21.8. The number of aryl methyl sites for hydroxylation is 2. The average molecular weight is 421 g/mol. The maximum atomic E-state index is 13.2. The number of benzene rings is 2. The molecule has 2 aromatic carbocycles. The molecule has 0 amide bonds. The van der Waals surface area contributed by atoms with E-state index in [0.717, 1.165) is 36.3 Å². The van der Waals surface area contributed by atoms with Gasteiger partial charge in [-0.2, -0.15) is 0 Å². The number of rotatable bonds is 7. The molecule has 160 valence electrons. The maximum absolute atomic E-state index is 13.2. The van der Waals surface area contributed by atoms with Gasteiger partial charge < -0.3 is 14.7 Å². The van der Waals surface area contributed by atoms with E-state index in [4.69, 9.17) is 4.74 Å². The van der Waals surface area contributed by atoms with Crippen LogP contribution in [-0.4, -0.2) is 34.7 Å². The van der Waals surface area contributed by atoms with Crippen molar-refractivity contribution < 1.29 is 19.0 Å². The zero-order valence-corrected chi connectivity index (χ0v) is 17.3. The van der Waals surface area contributed by atoms with Crippen LogP contribution in [0.2, 0.25) is 0 Å². The fourth-order valence-corrected chi connectivity index (χ4v) is 4.01. The van der Waals surface area contributed by atoms with Crippen molar-refractivity contribution in [1.82, 2.24) is 9.97 Å². The Bertz CT molecular complexity index is 1050. The summed E-state index contributed by atoms with van der Waals surface area (Å²) in [6.45, 7) is 0.806. The minimum absolute atomic E-state index is 0.103. The van der Waals surface area contributed by atoms with Gasteiger partial charge in [-0.3, -0.25) is 0 Å². The summed E-state index contributed by atoms with van der Waals surface area (Å²) < 4.78 is 18.4. The molecule has 0 spiro atoms. The summed E-state index contributed by atoms with van der Waals surface area (Å²) >= 11 is 0. The van der Waals surface area contributed by atoms with Crippen molar-refractivity contribution in [2.45, 2.75) is 31.7 Å². The van der Waals surface area contributed by atoms with E-state index >= 15 is 0 Å². The molecule has 0 radical (unpaired) electrons. The van der Waals surface area contributed by atoms with Crippen LogP contribution >= 0.6 is 0 Å². The maximum Gasteiger partial charge on any atom is 0.339 e. The molecule has 1 atom stereocenters. The van der Waals surface area contributed by atoms with Gasteiger partial charge in [0.2, 0.25) is 5.95 Å². The highest BCUT2D eigenvalue weighted by molar-refractivity contribution is 5.88. The van der Waals surface area contributed by atoms with Gasteiger partial charge in [0, 0.05) is 12.7 Å². The SMILES string of the molecule is COc1ccc([C@H]2CCCN2c2ncc(C(=O)O)c(CCc3ccc(F)cc3)n2)cc1. The number of ether oxygens (including phenoxy) is 1. The van der Waals surface area contributed by atoms with Gasteiger partial charge >= 0.3 is 5.97 Å². The van der Waals surface area contributed by atoms with Gasteiger partial charge in [-0.25, -0.2) is 19.2 Å². The molecule has 0 saturated carbocycles. The largest absolute Gasteiger partial charge is 0.497 e. The third kappa shape index (κ3) is 4.66. The molecule has 1 fully saturated rings. The van der Waals surface area contributed by atoms with E-state index in [1.807, 2.05) is 24.3 Å². The lowest BCUT2D eigenvalue weighted by atomic mass is 10.0. The average Bonchev–Trinajstić information content (AvgIpc) is 3.28. The summed E-state index contributed by atoms with van der Waals surface area (Å²) in [6, 6.07) is 14.3. The number of nitrogens with zero attached hydrogens (tertiary/aromatic N) is 3. The van der Waals surface area contributed by atoms with Crippen molar-refractivity contribution in [1.29, 1.82) is 0 Å². The molecule has 0 bridgehead atoms. The van der Waals surface area contributed by atoms with Gasteiger partial charge in [-0.15, -0.1) is 0 Å². The molecule has 6 nitrogen and oxygen atoms in total. The Morgan fingerprint density at radius 3 is 2.58 bits per heavy atom. The van der Waals surface area contributed by atoms with Gasteiger partial charge in [0.15, 0.2) is 0 Å². The highest BCUT2D eigenvalue weighted by Crippen LogP contribution is 2.35. The second kappa shape index (κ2) is 9.12. The van der Waals surface area contributed by atoms with Crippen LogP contribution in [0.15, 0.2) is 54.7 Å². The topological polar surface area (TPSA) is 75.5 Å². The number of halogens is 1. The van der Waals surface area contributed by atoms with Crippen LogP contribution < -0.4 is 9.64 Å². The van der Waals surface area contributed by atoms with Crippen molar-refractivity contribution >= 4 is 11.9 Å². The second-order valence-corrected chi connectivity index (χ2v) is 7.59. The molecule has 4 rings (SSSR count). The first kappa shape index (κ1) is 20.8. The molecule has 1 N–H and O–H groups in total. The quantitative estimate of drug-likeness (QED) is 0.608. The molecule has 7 heteroatoms. The number of carbonyl (C=O) groups is 1. The molecule has 3 aromatic rings. The standard InChI is InChI=1S/C24H24FN3O3/c1-31-19-11-7-17(8-12-19)22-3-2-14-28(22)24-26-15-20(23(29)30)21(27-24)13-6-16-4-9-18(25)10-5-16/h4-5,7-12,15,22H,2-3,6,13-14H2,1H3,(H,29,30)/t22-/m1/s1. The van der Waals surface area contributed by atoms with Gasteiger partial charge in [0.25, 0.3) is 0 Å². The normalized spacial score (nSPS) is 15.8. The van der Waals surface area contributed by atoms with Gasteiger partial charge in [-0.05, 0) is 61.1 Å². The van der Waals surface area contributed by atoms with Gasteiger partial charge in [0.05, 0.1) is 24.4 Å². The van der Waals surface area contributed by atoms with Crippen molar-refractivity contribution in [3.8, 4) is 5.75 Å². The smallest absolute Gasteiger partial charge is 0.339 e. The Kier molecular flexibility index (Phi) is 6.11. The predicted molar refractivity (Wildman–Crippen MR) is 115 cm³/mol. The van der Waals surface area contributed by atoms with Crippen molar-refractivity contribution in [2.24, 2.45) is 0 Å². The van der Waals surface area contributed by atoms with E-state index < -0.39 is 5.97 Å². The lowest BCUT2D eigenvalue weighted by molar-refractivity contribution is 0.0694. The van der Waals surface area contributed by atoms with Crippen LogP contribution in [0.4, 0.5) is 10.3 Å². The van der Waals surface area contributed by atoms with Crippen molar-refractivity contribution in [2.75, 3.05) is 18.6 Å². The van der Waals surface area contributed by atoms with E-state index in [-0.39, 0.29) is 17.4 Å². The molecule has 1 aliphatic heterocycles. The van der Waals surface area contributed by atoms with Gasteiger partial charge in [-0.1, -0.05) is 24.3 Å². The number of methoxy groups -OCH3 is 1. The summed E-state index contributed by atoms with van der Waals surface area (Å²) in [7, 11) is 1.64. The minimum atomic E-state index is -1.05. The van der Waals surface area contributed by atoms with E-state index in [9.17, 15) is 14.3 Å². The summed E-state index contributed by atoms with van der Waals surface area (Å²) in [6.07, 6.45) is 4.38. The monoisotopic (exact) mass is 421 g/mol. The minimum Gasteiger partial charge on any atom is -0.497 e. The number of aromatic carboxylic acids is 1. The molecule has 31 heavy (non-hydrogen) atoms. The molecule has 1 aliphatic rings. The molecule has 0 aliphatic carbocycles. The van der Waals surface area contributed by atoms with E-state index in [2.05, 4.69) is 14.9 Å². The molecule has 1 saturated heterocycles.